The predicted octanol–water partition coefficient (Wildman–Crippen LogP) is 3.06. The molecule has 2 aromatic rings. The number of amides is 2. The summed E-state index contributed by atoms with van der Waals surface area (Å²) in [6, 6.07) is 13.5. The summed E-state index contributed by atoms with van der Waals surface area (Å²) in [5.41, 5.74) is 14.0. The lowest BCUT2D eigenvalue weighted by Gasteiger charge is -2.38. The molecule has 7 heteroatoms. The first kappa shape index (κ1) is 23.7. The number of carbonyl (C=O) groups is 2. The molecule has 0 unspecified atom stereocenters. The first-order chi connectivity index (χ1) is 13.9. The lowest BCUT2D eigenvalue weighted by Crippen LogP contribution is -2.45. The number of methoxy groups -OCH3 is 1. The molecule has 5 N–H and O–H groups in total. The Morgan fingerprint density at radius 2 is 1.67 bits per heavy atom. The van der Waals surface area contributed by atoms with Crippen LogP contribution in [0.25, 0.3) is 11.1 Å². The third kappa shape index (κ3) is 4.94. The third-order valence-corrected chi connectivity index (χ3v) is 6.19. The van der Waals surface area contributed by atoms with Gasteiger partial charge in [0.1, 0.15) is 5.75 Å². The quantitative estimate of drug-likeness (QED) is 0.626. The Morgan fingerprint density at radius 3 is 2.17 bits per heavy atom. The maximum Gasteiger partial charge on any atom is 0.248 e. The van der Waals surface area contributed by atoms with Crippen LogP contribution in [0.2, 0.25) is 0 Å². The van der Waals surface area contributed by atoms with Gasteiger partial charge in [-0.3, -0.25) is 9.59 Å². The van der Waals surface area contributed by atoms with Gasteiger partial charge in [0.25, 0.3) is 0 Å². The Kier molecular flexibility index (Phi) is 7.87. The van der Waals surface area contributed by atoms with Crippen LogP contribution in [0, 0.1) is 5.41 Å². The molecule has 0 aliphatic heterocycles. The standard InChI is InChI=1S/C23H29N3O3.ClH/c1-26-19-9-11-23(12-10-19,22(25)28)14-18-13-17(7-8-20(18)29-2)15-3-5-16(6-4-15)21(24)27;/h3-8,13,19,26H,9-12,14H2,1-2H3,(H2,24,27)(H2,25,28);1H. The largest absolute Gasteiger partial charge is 0.496 e. The number of halogens is 1. The molecule has 1 saturated carbocycles. The van der Waals surface area contributed by atoms with Crippen molar-refractivity contribution in [1.82, 2.24) is 5.32 Å². The van der Waals surface area contributed by atoms with Crippen LogP contribution in [0.15, 0.2) is 42.5 Å². The fraction of sp³-hybridized carbons (Fsp3) is 0.391. The normalized spacial score (nSPS) is 20.8. The van der Waals surface area contributed by atoms with Gasteiger partial charge < -0.3 is 21.5 Å². The fourth-order valence-corrected chi connectivity index (χ4v) is 4.26. The topological polar surface area (TPSA) is 107 Å². The van der Waals surface area contributed by atoms with Gasteiger partial charge in [0.05, 0.1) is 12.5 Å². The predicted molar refractivity (Wildman–Crippen MR) is 121 cm³/mol. The van der Waals surface area contributed by atoms with E-state index in [0.717, 1.165) is 48.1 Å². The Morgan fingerprint density at radius 1 is 1.07 bits per heavy atom. The molecule has 0 aromatic heterocycles. The van der Waals surface area contributed by atoms with Gasteiger partial charge >= 0.3 is 0 Å². The van der Waals surface area contributed by atoms with Crippen LogP contribution in [0.1, 0.15) is 41.6 Å². The average Bonchev–Trinajstić information content (AvgIpc) is 2.74. The summed E-state index contributed by atoms with van der Waals surface area (Å²) in [5, 5.41) is 3.30. The van der Waals surface area contributed by atoms with Crippen LogP contribution in [0.5, 0.6) is 5.75 Å². The van der Waals surface area contributed by atoms with Crippen molar-refractivity contribution in [2.75, 3.05) is 14.2 Å². The molecule has 0 saturated heterocycles. The molecule has 0 spiro atoms. The molecule has 3 rings (SSSR count). The molecule has 0 radical (unpaired) electrons. The highest BCUT2D eigenvalue weighted by Gasteiger charge is 2.40. The van der Waals surface area contributed by atoms with E-state index in [1.54, 1.807) is 19.2 Å². The maximum absolute atomic E-state index is 12.4. The van der Waals surface area contributed by atoms with Crippen molar-refractivity contribution in [3.63, 3.8) is 0 Å². The molecule has 1 fully saturated rings. The highest BCUT2D eigenvalue weighted by Crippen LogP contribution is 2.41. The van der Waals surface area contributed by atoms with Crippen molar-refractivity contribution in [1.29, 1.82) is 0 Å². The second kappa shape index (κ2) is 9.96. The third-order valence-electron chi connectivity index (χ3n) is 6.19. The SMILES string of the molecule is CNC1CCC(Cc2cc(-c3ccc(C(N)=O)cc3)ccc2OC)(C(N)=O)CC1.Cl. The highest BCUT2D eigenvalue weighted by molar-refractivity contribution is 5.93. The molecule has 2 aromatic carbocycles. The van der Waals surface area contributed by atoms with Crippen LogP contribution in [-0.4, -0.2) is 32.0 Å². The fourth-order valence-electron chi connectivity index (χ4n) is 4.26. The molecule has 0 heterocycles. The minimum Gasteiger partial charge on any atom is -0.496 e. The maximum atomic E-state index is 12.4. The zero-order valence-corrected chi connectivity index (χ0v) is 18.3. The van der Waals surface area contributed by atoms with Crippen LogP contribution < -0.4 is 21.5 Å². The van der Waals surface area contributed by atoms with Gasteiger partial charge in [-0.05, 0) is 80.1 Å². The minimum absolute atomic E-state index is 0. The second-order valence-electron chi connectivity index (χ2n) is 7.85. The van der Waals surface area contributed by atoms with E-state index in [4.69, 9.17) is 16.2 Å². The summed E-state index contributed by atoms with van der Waals surface area (Å²) in [5.74, 6) is 0.0525. The number of carbonyl (C=O) groups excluding carboxylic acids is 2. The number of nitrogens with one attached hydrogen (secondary N) is 1. The van der Waals surface area contributed by atoms with Gasteiger partial charge in [-0.25, -0.2) is 0 Å². The van der Waals surface area contributed by atoms with E-state index in [0.29, 0.717) is 18.0 Å². The van der Waals surface area contributed by atoms with Gasteiger partial charge in [0.2, 0.25) is 11.8 Å². The van der Waals surface area contributed by atoms with Gasteiger partial charge in [0, 0.05) is 11.6 Å². The van der Waals surface area contributed by atoms with Crippen molar-refractivity contribution in [2.24, 2.45) is 16.9 Å². The molecule has 30 heavy (non-hydrogen) atoms. The Balaban J connectivity index is 0.00000320. The molecule has 0 atom stereocenters. The summed E-state index contributed by atoms with van der Waals surface area (Å²) in [6.07, 6.45) is 3.92. The van der Waals surface area contributed by atoms with E-state index in [-0.39, 0.29) is 18.3 Å². The molecule has 162 valence electrons. The smallest absolute Gasteiger partial charge is 0.248 e. The van der Waals surface area contributed by atoms with Gasteiger partial charge in [0.15, 0.2) is 0 Å². The first-order valence-electron chi connectivity index (χ1n) is 9.93. The molecular formula is C23H30ClN3O3. The number of rotatable bonds is 7. The molecular weight excluding hydrogens is 402 g/mol. The van der Waals surface area contributed by atoms with Crippen LogP contribution in [-0.2, 0) is 11.2 Å². The number of ether oxygens (including phenoxy) is 1. The summed E-state index contributed by atoms with van der Waals surface area (Å²) in [4.78, 5) is 23.8. The zero-order chi connectivity index (χ0) is 21.0. The van der Waals surface area contributed by atoms with E-state index in [9.17, 15) is 9.59 Å². The minimum atomic E-state index is -0.560. The Labute approximate surface area is 183 Å². The number of primary amides is 2. The summed E-state index contributed by atoms with van der Waals surface area (Å²) in [6.45, 7) is 0. The lowest BCUT2D eigenvalue weighted by atomic mass is 9.68. The van der Waals surface area contributed by atoms with Crippen molar-refractivity contribution < 1.29 is 14.3 Å². The second-order valence-corrected chi connectivity index (χ2v) is 7.85. The zero-order valence-electron chi connectivity index (χ0n) is 17.4. The Bertz CT molecular complexity index is 891. The van der Waals surface area contributed by atoms with E-state index in [1.165, 1.54) is 0 Å². The molecule has 0 bridgehead atoms. The molecule has 6 nitrogen and oxygen atoms in total. The summed E-state index contributed by atoms with van der Waals surface area (Å²) >= 11 is 0. The average molecular weight is 432 g/mol. The number of nitrogens with two attached hydrogens (primary N) is 2. The van der Waals surface area contributed by atoms with Crippen molar-refractivity contribution in [3.8, 4) is 16.9 Å². The highest BCUT2D eigenvalue weighted by atomic mass is 35.5. The van der Waals surface area contributed by atoms with Gasteiger partial charge in [-0.2, -0.15) is 0 Å². The van der Waals surface area contributed by atoms with Crippen molar-refractivity contribution in [2.45, 2.75) is 38.1 Å². The number of benzene rings is 2. The van der Waals surface area contributed by atoms with E-state index < -0.39 is 11.3 Å². The van der Waals surface area contributed by atoms with Crippen molar-refractivity contribution >= 4 is 24.2 Å². The van der Waals surface area contributed by atoms with E-state index >= 15 is 0 Å². The number of hydrogen-bond donors (Lipinski definition) is 3. The van der Waals surface area contributed by atoms with E-state index in [1.807, 2.05) is 37.4 Å². The van der Waals surface area contributed by atoms with Crippen LogP contribution in [0.3, 0.4) is 0 Å². The lowest BCUT2D eigenvalue weighted by molar-refractivity contribution is -0.129. The summed E-state index contributed by atoms with van der Waals surface area (Å²) in [7, 11) is 3.59. The number of hydrogen-bond acceptors (Lipinski definition) is 4. The van der Waals surface area contributed by atoms with E-state index in [2.05, 4.69) is 5.32 Å². The first-order valence-corrected chi connectivity index (χ1v) is 9.93. The van der Waals surface area contributed by atoms with Crippen LogP contribution in [0.4, 0.5) is 0 Å². The molecule has 1 aliphatic carbocycles. The van der Waals surface area contributed by atoms with Gasteiger partial charge in [-0.15, -0.1) is 12.4 Å². The van der Waals surface area contributed by atoms with Crippen molar-refractivity contribution in [3.05, 3.63) is 53.6 Å². The summed E-state index contributed by atoms with van der Waals surface area (Å²) < 4.78 is 5.57. The molecule has 2 amide bonds. The van der Waals surface area contributed by atoms with Gasteiger partial charge in [-0.1, -0.05) is 18.2 Å². The van der Waals surface area contributed by atoms with Crippen LogP contribution >= 0.6 is 12.4 Å². The Hall–Kier alpha value is -2.57. The monoisotopic (exact) mass is 431 g/mol. The molecule has 1 aliphatic rings.